The zero-order chi connectivity index (χ0) is 9.97. The van der Waals surface area contributed by atoms with Crippen LogP contribution in [0, 0.1) is 0 Å². The summed E-state index contributed by atoms with van der Waals surface area (Å²) in [6.07, 6.45) is 0.697. The third-order valence-electron chi connectivity index (χ3n) is 2.79. The van der Waals surface area contributed by atoms with Gasteiger partial charge >= 0.3 is 0 Å². The normalized spacial score (nSPS) is 37.3. The molecule has 0 aromatic carbocycles. The number of hydrogen-bond donors (Lipinski definition) is 0. The monoisotopic (exact) mass is 200 g/mol. The summed E-state index contributed by atoms with van der Waals surface area (Å²) in [5, 5.41) is 4.82. The maximum absolute atomic E-state index is 5.71. The van der Waals surface area contributed by atoms with E-state index in [-0.39, 0.29) is 0 Å². The van der Waals surface area contributed by atoms with E-state index in [4.69, 9.17) is 9.47 Å². The summed E-state index contributed by atoms with van der Waals surface area (Å²) < 4.78 is 11.1. The zero-order valence-corrected chi connectivity index (χ0v) is 9.11. The fourth-order valence-electron chi connectivity index (χ4n) is 2.22. The molecule has 2 heterocycles. The van der Waals surface area contributed by atoms with Crippen LogP contribution in [0.3, 0.4) is 0 Å². The molecule has 4 heteroatoms. The van der Waals surface area contributed by atoms with Gasteiger partial charge in [0.2, 0.25) is 0 Å². The molecule has 2 saturated heterocycles. The third-order valence-corrected chi connectivity index (χ3v) is 2.79. The lowest BCUT2D eigenvalue weighted by molar-refractivity contribution is -0.167. The molecule has 14 heavy (non-hydrogen) atoms. The Bertz CT molecular complexity index is 173. The molecule has 2 atom stereocenters. The maximum Gasteiger partial charge on any atom is 0.0692 e. The van der Waals surface area contributed by atoms with E-state index in [9.17, 15) is 0 Å². The number of hydrazine groups is 1. The van der Waals surface area contributed by atoms with Crippen LogP contribution in [-0.4, -0.2) is 61.6 Å². The molecule has 0 aliphatic carbocycles. The minimum atomic E-state index is 0.349. The van der Waals surface area contributed by atoms with Crippen molar-refractivity contribution in [3.63, 3.8) is 0 Å². The van der Waals surface area contributed by atoms with Crippen LogP contribution in [0.1, 0.15) is 13.8 Å². The van der Waals surface area contributed by atoms with Crippen molar-refractivity contribution >= 4 is 0 Å². The van der Waals surface area contributed by atoms with Gasteiger partial charge in [-0.25, -0.2) is 10.0 Å². The van der Waals surface area contributed by atoms with E-state index in [1.54, 1.807) is 0 Å². The van der Waals surface area contributed by atoms with E-state index in [1.807, 2.05) is 0 Å². The lowest BCUT2D eigenvalue weighted by atomic mass is 10.2. The van der Waals surface area contributed by atoms with Crippen molar-refractivity contribution in [2.24, 2.45) is 0 Å². The molecule has 2 unspecified atom stereocenters. The second kappa shape index (κ2) is 4.57. The van der Waals surface area contributed by atoms with E-state index in [1.165, 1.54) is 0 Å². The number of rotatable bonds is 1. The Morgan fingerprint density at radius 3 is 2.07 bits per heavy atom. The fourth-order valence-corrected chi connectivity index (χ4v) is 2.22. The molecule has 82 valence electrons. The van der Waals surface area contributed by atoms with Gasteiger partial charge in [-0.1, -0.05) is 0 Å². The first-order valence-corrected chi connectivity index (χ1v) is 5.48. The minimum absolute atomic E-state index is 0.349. The Morgan fingerprint density at radius 1 is 0.929 bits per heavy atom. The Hall–Kier alpha value is -0.160. The predicted octanol–water partition coefficient (Wildman–Crippen LogP) is 0.343. The van der Waals surface area contributed by atoms with E-state index >= 15 is 0 Å². The lowest BCUT2D eigenvalue weighted by Gasteiger charge is -2.43. The number of ether oxygens (including phenoxy) is 2. The molecule has 2 aliphatic heterocycles. The highest BCUT2D eigenvalue weighted by atomic mass is 16.5. The van der Waals surface area contributed by atoms with E-state index < -0.39 is 0 Å². The molecular weight excluding hydrogens is 180 g/mol. The zero-order valence-electron chi connectivity index (χ0n) is 9.11. The van der Waals surface area contributed by atoms with Crippen molar-refractivity contribution in [2.75, 3.05) is 39.4 Å². The van der Waals surface area contributed by atoms with E-state index in [0.29, 0.717) is 12.2 Å². The van der Waals surface area contributed by atoms with Crippen LogP contribution >= 0.6 is 0 Å². The van der Waals surface area contributed by atoms with Crippen LogP contribution in [0.25, 0.3) is 0 Å². The Kier molecular flexibility index (Phi) is 3.38. The van der Waals surface area contributed by atoms with E-state index in [0.717, 1.165) is 39.4 Å². The molecule has 2 aliphatic rings. The van der Waals surface area contributed by atoms with Crippen LogP contribution in [0.4, 0.5) is 0 Å². The molecule has 2 rings (SSSR count). The average molecular weight is 200 g/mol. The van der Waals surface area contributed by atoms with Crippen LogP contribution in [0.15, 0.2) is 0 Å². The Morgan fingerprint density at radius 2 is 1.50 bits per heavy atom. The predicted molar refractivity (Wildman–Crippen MR) is 54.0 cm³/mol. The van der Waals surface area contributed by atoms with Crippen molar-refractivity contribution in [2.45, 2.75) is 26.1 Å². The van der Waals surface area contributed by atoms with Crippen LogP contribution in [0.5, 0.6) is 0 Å². The van der Waals surface area contributed by atoms with Gasteiger partial charge in [0.1, 0.15) is 0 Å². The number of morpholine rings is 2. The van der Waals surface area contributed by atoms with Crippen molar-refractivity contribution in [3.05, 3.63) is 0 Å². The molecule has 0 N–H and O–H groups in total. The van der Waals surface area contributed by atoms with E-state index in [2.05, 4.69) is 23.9 Å². The largest absolute Gasteiger partial charge is 0.379 e. The SMILES string of the molecule is CC1CN(N2CCOCC2)CC(C)O1. The maximum atomic E-state index is 5.71. The molecule has 2 fully saturated rings. The number of nitrogens with zero attached hydrogens (tertiary/aromatic N) is 2. The molecule has 4 nitrogen and oxygen atoms in total. The molecule has 0 amide bonds. The fraction of sp³-hybridized carbons (Fsp3) is 1.00. The summed E-state index contributed by atoms with van der Waals surface area (Å²) in [7, 11) is 0. The van der Waals surface area contributed by atoms with Crippen molar-refractivity contribution in [1.82, 2.24) is 10.0 Å². The topological polar surface area (TPSA) is 24.9 Å². The van der Waals surface area contributed by atoms with Gasteiger partial charge in [0, 0.05) is 26.2 Å². The van der Waals surface area contributed by atoms with Gasteiger partial charge in [-0.05, 0) is 13.8 Å². The summed E-state index contributed by atoms with van der Waals surface area (Å²) in [4.78, 5) is 0. The van der Waals surface area contributed by atoms with Gasteiger partial charge in [-0.15, -0.1) is 0 Å². The standard InChI is InChI=1S/C10H20N2O2/c1-9-7-12(8-10(2)14-9)11-3-5-13-6-4-11/h9-10H,3-8H2,1-2H3. The second-order valence-corrected chi connectivity index (χ2v) is 4.19. The first-order valence-electron chi connectivity index (χ1n) is 5.48. The average Bonchev–Trinajstić information content (AvgIpc) is 2.18. The summed E-state index contributed by atoms with van der Waals surface area (Å²) in [5.41, 5.74) is 0. The highest BCUT2D eigenvalue weighted by Gasteiger charge is 2.27. The van der Waals surface area contributed by atoms with Gasteiger partial charge in [0.05, 0.1) is 25.4 Å². The van der Waals surface area contributed by atoms with Crippen molar-refractivity contribution in [3.8, 4) is 0 Å². The summed E-state index contributed by atoms with van der Waals surface area (Å²) in [6, 6.07) is 0. The molecule has 0 aromatic rings. The quantitative estimate of drug-likeness (QED) is 0.609. The van der Waals surface area contributed by atoms with Gasteiger partial charge < -0.3 is 9.47 Å². The second-order valence-electron chi connectivity index (χ2n) is 4.19. The smallest absolute Gasteiger partial charge is 0.0692 e. The highest BCUT2D eigenvalue weighted by Crippen LogP contribution is 2.13. The molecular formula is C10H20N2O2. The highest BCUT2D eigenvalue weighted by molar-refractivity contribution is 4.73. The first-order chi connectivity index (χ1) is 6.75. The van der Waals surface area contributed by atoms with Crippen molar-refractivity contribution < 1.29 is 9.47 Å². The molecule has 0 bridgehead atoms. The summed E-state index contributed by atoms with van der Waals surface area (Å²) in [5.74, 6) is 0. The van der Waals surface area contributed by atoms with Gasteiger partial charge in [-0.2, -0.15) is 0 Å². The molecule has 0 radical (unpaired) electrons. The van der Waals surface area contributed by atoms with Gasteiger partial charge in [0.15, 0.2) is 0 Å². The van der Waals surface area contributed by atoms with Gasteiger partial charge in [0.25, 0.3) is 0 Å². The first kappa shape index (κ1) is 10.4. The Labute approximate surface area is 85.7 Å². The minimum Gasteiger partial charge on any atom is -0.379 e. The van der Waals surface area contributed by atoms with Crippen LogP contribution < -0.4 is 0 Å². The Balaban J connectivity index is 1.88. The lowest BCUT2D eigenvalue weighted by Crippen LogP contribution is -2.56. The van der Waals surface area contributed by atoms with Crippen molar-refractivity contribution in [1.29, 1.82) is 0 Å². The number of hydrogen-bond acceptors (Lipinski definition) is 4. The summed E-state index contributed by atoms with van der Waals surface area (Å²) in [6.45, 7) is 10.1. The molecule has 0 aromatic heterocycles. The van der Waals surface area contributed by atoms with Crippen LogP contribution in [-0.2, 0) is 9.47 Å². The van der Waals surface area contributed by atoms with Crippen LogP contribution in [0.2, 0.25) is 0 Å². The molecule has 0 spiro atoms. The third kappa shape index (κ3) is 2.45. The molecule has 0 saturated carbocycles. The van der Waals surface area contributed by atoms with Gasteiger partial charge in [-0.3, -0.25) is 0 Å². The summed E-state index contributed by atoms with van der Waals surface area (Å²) >= 11 is 0.